The smallest absolute Gasteiger partial charge is 0.184 e. The molecule has 0 aliphatic heterocycles. The number of nitrogen functional groups attached to an aromatic ring is 1. The van der Waals surface area contributed by atoms with Crippen molar-refractivity contribution in [3.63, 3.8) is 0 Å². The summed E-state index contributed by atoms with van der Waals surface area (Å²) < 4.78 is 18.6. The predicted octanol–water partition coefficient (Wildman–Crippen LogP) is 2.46. The Morgan fingerprint density at radius 1 is 1.44 bits per heavy atom. The van der Waals surface area contributed by atoms with E-state index in [1.807, 2.05) is 0 Å². The molecule has 2 rings (SSSR count). The van der Waals surface area contributed by atoms with E-state index in [4.69, 9.17) is 22.1 Å². The second-order valence-corrected chi connectivity index (χ2v) is 3.55. The van der Waals surface area contributed by atoms with Crippen molar-refractivity contribution in [2.24, 2.45) is 0 Å². The second kappa shape index (κ2) is 4.02. The van der Waals surface area contributed by atoms with Gasteiger partial charge in [-0.15, -0.1) is 0 Å². The fraction of sp³-hybridized carbons (Fsp3) is 0.100. The van der Waals surface area contributed by atoms with E-state index in [0.717, 1.165) is 0 Å². The van der Waals surface area contributed by atoms with Gasteiger partial charge in [-0.1, -0.05) is 11.6 Å². The molecule has 0 bridgehead atoms. The molecule has 1 aromatic carbocycles. The number of anilines is 1. The van der Waals surface area contributed by atoms with Crippen LogP contribution < -0.4 is 10.5 Å². The van der Waals surface area contributed by atoms with Crippen molar-refractivity contribution in [1.29, 1.82) is 0 Å². The number of hydrogen-bond acceptors (Lipinski definition) is 3. The summed E-state index contributed by atoms with van der Waals surface area (Å²) in [7, 11) is 1.37. The lowest BCUT2D eigenvalue weighted by atomic mass is 10.1. The zero-order valence-corrected chi connectivity index (χ0v) is 9.18. The molecule has 2 aromatic rings. The molecule has 1 aromatic heterocycles. The van der Waals surface area contributed by atoms with E-state index < -0.39 is 5.82 Å². The fourth-order valence-electron chi connectivity index (χ4n) is 1.45. The van der Waals surface area contributed by atoms with E-state index in [1.54, 1.807) is 6.07 Å². The van der Waals surface area contributed by atoms with Gasteiger partial charge < -0.3 is 10.5 Å². The van der Waals surface area contributed by atoms with E-state index in [2.05, 4.69) is 10.2 Å². The van der Waals surface area contributed by atoms with Crippen LogP contribution in [0.25, 0.3) is 11.1 Å². The Balaban J connectivity index is 2.66. The van der Waals surface area contributed by atoms with Crippen LogP contribution in [0.1, 0.15) is 0 Å². The summed E-state index contributed by atoms with van der Waals surface area (Å²) in [6, 6.07) is 3.08. The summed E-state index contributed by atoms with van der Waals surface area (Å²) in [5, 5.41) is 6.34. The van der Waals surface area contributed by atoms with Crippen molar-refractivity contribution in [3.8, 4) is 16.9 Å². The first-order valence-electron chi connectivity index (χ1n) is 4.46. The number of nitrogens with one attached hydrogen (secondary N) is 1. The van der Waals surface area contributed by atoms with Gasteiger partial charge in [-0.2, -0.15) is 5.10 Å². The van der Waals surface area contributed by atoms with Crippen LogP contribution in [-0.2, 0) is 0 Å². The third-order valence-electron chi connectivity index (χ3n) is 2.21. The Hall–Kier alpha value is -1.75. The summed E-state index contributed by atoms with van der Waals surface area (Å²) in [5.41, 5.74) is 6.74. The van der Waals surface area contributed by atoms with Crippen molar-refractivity contribution in [3.05, 3.63) is 29.2 Å². The van der Waals surface area contributed by atoms with Crippen LogP contribution in [0.15, 0.2) is 18.3 Å². The molecular weight excluding hydrogens is 233 g/mol. The number of hydrogen-bond donors (Lipinski definition) is 2. The first-order chi connectivity index (χ1) is 7.65. The molecule has 0 spiro atoms. The first-order valence-corrected chi connectivity index (χ1v) is 4.84. The molecule has 84 valence electrons. The van der Waals surface area contributed by atoms with E-state index in [1.165, 1.54) is 19.4 Å². The van der Waals surface area contributed by atoms with Crippen LogP contribution >= 0.6 is 11.6 Å². The van der Waals surface area contributed by atoms with Crippen LogP contribution in [0.4, 0.5) is 10.2 Å². The maximum Gasteiger partial charge on any atom is 0.184 e. The molecule has 3 N–H and O–H groups in total. The largest absolute Gasteiger partial charge is 0.493 e. The summed E-state index contributed by atoms with van der Waals surface area (Å²) in [6.07, 6.45) is 1.50. The zero-order chi connectivity index (χ0) is 11.7. The number of methoxy groups -OCH3 is 1. The molecular formula is C10H9ClFN3O. The van der Waals surface area contributed by atoms with E-state index in [9.17, 15) is 4.39 Å². The SMILES string of the molecule is COc1c(-c2cn[nH]c2N)ccc(Cl)c1F. The number of nitrogens with zero attached hydrogens (tertiary/aromatic N) is 1. The van der Waals surface area contributed by atoms with Crippen molar-refractivity contribution in [1.82, 2.24) is 10.2 Å². The minimum absolute atomic E-state index is 0.00247. The number of aromatic nitrogens is 2. The molecule has 1 heterocycles. The Labute approximate surface area is 96.2 Å². The van der Waals surface area contributed by atoms with Gasteiger partial charge in [-0.3, -0.25) is 5.10 Å². The average molecular weight is 242 g/mol. The zero-order valence-electron chi connectivity index (χ0n) is 8.42. The van der Waals surface area contributed by atoms with E-state index in [0.29, 0.717) is 16.9 Å². The van der Waals surface area contributed by atoms with Gasteiger partial charge in [0, 0.05) is 11.1 Å². The molecule has 0 saturated heterocycles. The lowest BCUT2D eigenvalue weighted by molar-refractivity contribution is 0.388. The van der Waals surface area contributed by atoms with Gasteiger partial charge in [0.15, 0.2) is 11.6 Å². The number of ether oxygens (including phenoxy) is 1. The average Bonchev–Trinajstić information content (AvgIpc) is 2.68. The van der Waals surface area contributed by atoms with Gasteiger partial charge in [0.05, 0.1) is 18.3 Å². The van der Waals surface area contributed by atoms with Crippen molar-refractivity contribution < 1.29 is 9.13 Å². The lowest BCUT2D eigenvalue weighted by Crippen LogP contribution is -1.94. The second-order valence-electron chi connectivity index (χ2n) is 3.14. The molecule has 0 atom stereocenters. The lowest BCUT2D eigenvalue weighted by Gasteiger charge is -2.09. The summed E-state index contributed by atoms with van der Waals surface area (Å²) in [4.78, 5) is 0. The van der Waals surface area contributed by atoms with Gasteiger partial charge in [0.25, 0.3) is 0 Å². The maximum absolute atomic E-state index is 13.7. The minimum Gasteiger partial charge on any atom is -0.493 e. The summed E-state index contributed by atoms with van der Waals surface area (Å²) in [6.45, 7) is 0. The third kappa shape index (κ3) is 1.59. The fourth-order valence-corrected chi connectivity index (χ4v) is 1.60. The van der Waals surface area contributed by atoms with Gasteiger partial charge in [0.1, 0.15) is 5.82 Å². The summed E-state index contributed by atoms with van der Waals surface area (Å²) >= 11 is 5.66. The van der Waals surface area contributed by atoms with Crippen molar-refractivity contribution >= 4 is 17.4 Å². The molecule has 0 radical (unpaired) electrons. The number of H-pyrrole nitrogens is 1. The minimum atomic E-state index is -0.609. The van der Waals surface area contributed by atoms with Crippen LogP contribution in [0.5, 0.6) is 5.75 Å². The molecule has 0 aliphatic rings. The highest BCUT2D eigenvalue weighted by Gasteiger charge is 2.16. The van der Waals surface area contributed by atoms with E-state index >= 15 is 0 Å². The van der Waals surface area contributed by atoms with Gasteiger partial charge >= 0.3 is 0 Å². The number of aromatic amines is 1. The molecule has 0 unspecified atom stereocenters. The number of halogens is 2. The van der Waals surface area contributed by atoms with Crippen LogP contribution in [0, 0.1) is 5.82 Å². The Kier molecular flexibility index (Phi) is 2.70. The van der Waals surface area contributed by atoms with E-state index in [-0.39, 0.29) is 10.8 Å². The first kappa shape index (κ1) is 10.8. The van der Waals surface area contributed by atoms with Crippen LogP contribution in [0.2, 0.25) is 5.02 Å². The van der Waals surface area contributed by atoms with Crippen LogP contribution in [0.3, 0.4) is 0 Å². The van der Waals surface area contributed by atoms with Gasteiger partial charge in [-0.05, 0) is 12.1 Å². The van der Waals surface area contributed by atoms with Crippen molar-refractivity contribution in [2.75, 3.05) is 12.8 Å². The summed E-state index contributed by atoms with van der Waals surface area (Å²) in [5.74, 6) is -0.206. The van der Waals surface area contributed by atoms with Gasteiger partial charge in [-0.25, -0.2) is 4.39 Å². The molecule has 0 fully saturated rings. The highest BCUT2D eigenvalue weighted by molar-refractivity contribution is 6.31. The molecule has 0 amide bonds. The highest BCUT2D eigenvalue weighted by atomic mass is 35.5. The quantitative estimate of drug-likeness (QED) is 0.849. The molecule has 6 heteroatoms. The Morgan fingerprint density at radius 2 is 2.19 bits per heavy atom. The molecule has 0 saturated carbocycles. The molecule has 4 nitrogen and oxygen atoms in total. The highest BCUT2D eigenvalue weighted by Crippen LogP contribution is 2.37. The number of benzene rings is 1. The monoisotopic (exact) mass is 241 g/mol. The molecule has 16 heavy (non-hydrogen) atoms. The number of rotatable bonds is 2. The maximum atomic E-state index is 13.7. The van der Waals surface area contributed by atoms with Crippen LogP contribution in [-0.4, -0.2) is 17.3 Å². The molecule has 0 aliphatic carbocycles. The number of nitrogens with two attached hydrogens (primary N) is 1. The standard InChI is InChI=1S/C10H9ClFN3O/c1-16-9-5(2-3-7(11)8(9)12)6-4-14-15-10(6)13/h2-4H,1H3,(H3,13,14,15). The third-order valence-corrected chi connectivity index (χ3v) is 2.51. The topological polar surface area (TPSA) is 63.9 Å². The predicted molar refractivity (Wildman–Crippen MR) is 60.0 cm³/mol. The van der Waals surface area contributed by atoms with Crippen molar-refractivity contribution in [2.45, 2.75) is 0 Å². The normalized spacial score (nSPS) is 10.4. The van der Waals surface area contributed by atoms with Gasteiger partial charge in [0.2, 0.25) is 0 Å². The Bertz CT molecular complexity index is 527. The Morgan fingerprint density at radius 3 is 2.75 bits per heavy atom.